The van der Waals surface area contributed by atoms with Gasteiger partial charge in [-0.05, 0) is 56.8 Å². The lowest BCUT2D eigenvalue weighted by Gasteiger charge is -2.24. The van der Waals surface area contributed by atoms with Gasteiger partial charge in [0.1, 0.15) is 0 Å². The molecule has 0 spiro atoms. The second kappa shape index (κ2) is 8.20. The second-order valence-corrected chi connectivity index (χ2v) is 8.70. The van der Waals surface area contributed by atoms with Gasteiger partial charge in [-0.1, -0.05) is 18.2 Å². The van der Waals surface area contributed by atoms with Gasteiger partial charge >= 0.3 is 5.97 Å². The molecule has 0 unspecified atom stereocenters. The summed E-state index contributed by atoms with van der Waals surface area (Å²) in [4.78, 5) is 16.3. The van der Waals surface area contributed by atoms with E-state index in [1.807, 2.05) is 0 Å². The number of anilines is 2. The number of carbonyl (C=O) groups is 1. The van der Waals surface area contributed by atoms with Crippen LogP contribution in [0, 0.1) is 6.92 Å². The Morgan fingerprint density at radius 1 is 1.07 bits per heavy atom. The lowest BCUT2D eigenvalue weighted by Crippen LogP contribution is -2.29. The van der Waals surface area contributed by atoms with Crippen LogP contribution in [0.4, 0.5) is 11.4 Å². The summed E-state index contributed by atoms with van der Waals surface area (Å²) < 4.78 is 27.9. The number of carboxylic acid groups (broad SMARTS) is 1. The van der Waals surface area contributed by atoms with Crippen LogP contribution in [0.15, 0.2) is 47.4 Å². The molecule has 1 aliphatic heterocycles. The maximum atomic E-state index is 12.7. The first-order chi connectivity index (χ1) is 13.3. The SMILES string of the molecule is Cc1ccccc1S(=O)(=O)Nc1ccc(N2CCCN(C)CC2)cc1C(=O)O. The minimum atomic E-state index is -3.88. The molecule has 8 heteroatoms. The normalized spacial score (nSPS) is 15.9. The Morgan fingerprint density at radius 3 is 2.54 bits per heavy atom. The number of likely N-dealkylation sites (N-methyl/N-ethyl adjacent to an activating group) is 1. The number of benzene rings is 2. The largest absolute Gasteiger partial charge is 0.478 e. The van der Waals surface area contributed by atoms with E-state index in [1.54, 1.807) is 37.3 Å². The van der Waals surface area contributed by atoms with Gasteiger partial charge in [0.2, 0.25) is 0 Å². The van der Waals surface area contributed by atoms with Gasteiger partial charge < -0.3 is 14.9 Å². The molecule has 2 aromatic rings. The molecular formula is C20H25N3O4S. The molecule has 1 saturated heterocycles. The highest BCUT2D eigenvalue weighted by Gasteiger charge is 2.22. The van der Waals surface area contributed by atoms with Crippen molar-refractivity contribution in [2.24, 2.45) is 0 Å². The molecule has 1 aliphatic rings. The first-order valence-corrected chi connectivity index (χ1v) is 10.7. The summed E-state index contributed by atoms with van der Waals surface area (Å²) in [6, 6.07) is 11.4. The summed E-state index contributed by atoms with van der Waals surface area (Å²) in [5.74, 6) is -1.17. The van der Waals surface area contributed by atoms with Gasteiger partial charge in [-0.3, -0.25) is 4.72 Å². The number of hydrogen-bond acceptors (Lipinski definition) is 5. The van der Waals surface area contributed by atoms with Crippen molar-refractivity contribution in [3.05, 3.63) is 53.6 Å². The molecule has 0 aromatic heterocycles. The van der Waals surface area contributed by atoms with Crippen LogP contribution >= 0.6 is 0 Å². The van der Waals surface area contributed by atoms with Gasteiger partial charge in [0.15, 0.2) is 0 Å². The average molecular weight is 404 g/mol. The number of aromatic carboxylic acids is 1. The lowest BCUT2D eigenvalue weighted by atomic mass is 10.1. The van der Waals surface area contributed by atoms with E-state index >= 15 is 0 Å². The first kappa shape index (κ1) is 20.2. The van der Waals surface area contributed by atoms with Crippen LogP contribution in [-0.2, 0) is 10.0 Å². The van der Waals surface area contributed by atoms with Gasteiger partial charge in [0.05, 0.1) is 16.1 Å². The van der Waals surface area contributed by atoms with Crippen LogP contribution in [0.5, 0.6) is 0 Å². The zero-order valence-corrected chi connectivity index (χ0v) is 16.9. The third-order valence-electron chi connectivity index (χ3n) is 4.95. The summed E-state index contributed by atoms with van der Waals surface area (Å²) >= 11 is 0. The zero-order valence-electron chi connectivity index (χ0n) is 16.1. The smallest absolute Gasteiger partial charge is 0.337 e. The zero-order chi connectivity index (χ0) is 20.3. The van der Waals surface area contributed by atoms with E-state index in [9.17, 15) is 18.3 Å². The van der Waals surface area contributed by atoms with Crippen LogP contribution in [0.25, 0.3) is 0 Å². The molecule has 0 saturated carbocycles. The summed E-state index contributed by atoms with van der Waals surface area (Å²) in [5, 5.41) is 9.65. The Labute approximate surface area is 165 Å². The Kier molecular flexibility index (Phi) is 5.90. The van der Waals surface area contributed by atoms with Crippen molar-refractivity contribution in [1.82, 2.24) is 4.90 Å². The Morgan fingerprint density at radius 2 is 1.82 bits per heavy atom. The third-order valence-corrected chi connectivity index (χ3v) is 6.47. The molecule has 0 amide bonds. The minimum absolute atomic E-state index is 0.0615. The molecule has 0 bridgehead atoms. The Balaban J connectivity index is 1.92. The molecular weight excluding hydrogens is 378 g/mol. The van der Waals surface area contributed by atoms with Crippen molar-refractivity contribution in [3.63, 3.8) is 0 Å². The maximum Gasteiger partial charge on any atom is 0.337 e. The van der Waals surface area contributed by atoms with E-state index in [1.165, 1.54) is 12.1 Å². The molecule has 1 heterocycles. The maximum absolute atomic E-state index is 12.7. The quantitative estimate of drug-likeness (QED) is 0.798. The van der Waals surface area contributed by atoms with Crippen molar-refractivity contribution in [3.8, 4) is 0 Å². The van der Waals surface area contributed by atoms with Crippen LogP contribution < -0.4 is 9.62 Å². The molecule has 0 radical (unpaired) electrons. The van der Waals surface area contributed by atoms with Gasteiger partial charge in [0, 0.05) is 25.3 Å². The number of nitrogens with one attached hydrogen (secondary N) is 1. The van der Waals surface area contributed by atoms with E-state index in [2.05, 4.69) is 21.6 Å². The molecule has 2 N–H and O–H groups in total. The number of hydrogen-bond donors (Lipinski definition) is 2. The average Bonchev–Trinajstić information content (AvgIpc) is 2.86. The van der Waals surface area contributed by atoms with Crippen LogP contribution in [0.3, 0.4) is 0 Å². The van der Waals surface area contributed by atoms with Crippen molar-refractivity contribution >= 4 is 27.4 Å². The van der Waals surface area contributed by atoms with Crippen molar-refractivity contribution < 1.29 is 18.3 Å². The predicted molar refractivity (Wildman–Crippen MR) is 110 cm³/mol. The van der Waals surface area contributed by atoms with E-state index in [0.717, 1.165) is 38.3 Å². The van der Waals surface area contributed by atoms with Gasteiger partial charge in [-0.15, -0.1) is 0 Å². The standard InChI is InChI=1S/C20H25N3O4S/c1-15-6-3-4-7-19(15)28(26,27)21-18-9-8-16(14-17(18)20(24)25)23-11-5-10-22(2)12-13-23/h3-4,6-9,14,21H,5,10-13H2,1-2H3,(H,24,25). The summed E-state index contributed by atoms with van der Waals surface area (Å²) in [7, 11) is -1.82. The fourth-order valence-electron chi connectivity index (χ4n) is 3.36. The first-order valence-electron chi connectivity index (χ1n) is 9.17. The molecule has 28 heavy (non-hydrogen) atoms. The molecule has 2 aromatic carbocycles. The molecule has 7 nitrogen and oxygen atoms in total. The Bertz CT molecular complexity index is 975. The monoisotopic (exact) mass is 403 g/mol. The fourth-order valence-corrected chi connectivity index (χ4v) is 4.68. The lowest BCUT2D eigenvalue weighted by molar-refractivity contribution is 0.0698. The summed E-state index contributed by atoms with van der Waals surface area (Å²) in [6.07, 6.45) is 0.987. The highest BCUT2D eigenvalue weighted by Crippen LogP contribution is 2.27. The van der Waals surface area contributed by atoms with Crippen LogP contribution in [0.1, 0.15) is 22.3 Å². The number of aryl methyl sites for hydroxylation is 1. The minimum Gasteiger partial charge on any atom is -0.478 e. The fraction of sp³-hybridized carbons (Fsp3) is 0.350. The van der Waals surface area contributed by atoms with Crippen molar-refractivity contribution in [2.75, 3.05) is 42.8 Å². The summed E-state index contributed by atoms with van der Waals surface area (Å²) in [6.45, 7) is 5.22. The van der Waals surface area contributed by atoms with E-state index in [0.29, 0.717) is 5.56 Å². The predicted octanol–water partition coefficient (Wildman–Crippen LogP) is 2.64. The molecule has 3 rings (SSSR count). The number of nitrogens with zero attached hydrogens (tertiary/aromatic N) is 2. The highest BCUT2D eigenvalue weighted by molar-refractivity contribution is 7.92. The van der Waals surface area contributed by atoms with Gasteiger partial charge in [-0.25, -0.2) is 13.2 Å². The van der Waals surface area contributed by atoms with Crippen LogP contribution in [0.2, 0.25) is 0 Å². The van der Waals surface area contributed by atoms with E-state index in [4.69, 9.17) is 0 Å². The number of rotatable bonds is 5. The topological polar surface area (TPSA) is 90.0 Å². The molecule has 0 aliphatic carbocycles. The Hall–Kier alpha value is -2.58. The molecule has 1 fully saturated rings. The number of carboxylic acids is 1. The van der Waals surface area contributed by atoms with Gasteiger partial charge in [0.25, 0.3) is 10.0 Å². The highest BCUT2D eigenvalue weighted by atomic mass is 32.2. The molecule has 150 valence electrons. The molecule has 0 atom stereocenters. The van der Waals surface area contributed by atoms with E-state index in [-0.39, 0.29) is 16.1 Å². The summed E-state index contributed by atoms with van der Waals surface area (Å²) in [5.41, 5.74) is 1.38. The van der Waals surface area contributed by atoms with Crippen LogP contribution in [-0.4, -0.2) is 57.6 Å². The number of sulfonamides is 1. The third kappa shape index (κ3) is 4.45. The van der Waals surface area contributed by atoms with Crippen molar-refractivity contribution in [2.45, 2.75) is 18.2 Å². The van der Waals surface area contributed by atoms with Crippen molar-refractivity contribution in [1.29, 1.82) is 0 Å². The second-order valence-electron chi connectivity index (χ2n) is 7.05. The van der Waals surface area contributed by atoms with Gasteiger partial charge in [-0.2, -0.15) is 0 Å². The van der Waals surface area contributed by atoms with E-state index < -0.39 is 16.0 Å².